The van der Waals surface area contributed by atoms with E-state index in [9.17, 15) is 20.1 Å². The van der Waals surface area contributed by atoms with Gasteiger partial charge in [-0.15, -0.1) is 0 Å². The molecule has 2 unspecified atom stereocenters. The quantitative estimate of drug-likeness (QED) is 0.723. The Labute approximate surface area is 144 Å². The number of aliphatic carboxylic acids is 1. The van der Waals surface area contributed by atoms with Crippen LogP contribution in [0.1, 0.15) is 71.6 Å². The van der Waals surface area contributed by atoms with Gasteiger partial charge in [-0.2, -0.15) is 0 Å². The molecule has 7 atom stereocenters. The van der Waals surface area contributed by atoms with Crippen molar-refractivity contribution in [2.45, 2.75) is 77.2 Å². The van der Waals surface area contributed by atoms with Crippen molar-refractivity contribution in [3.63, 3.8) is 0 Å². The van der Waals surface area contributed by atoms with Gasteiger partial charge in [0.1, 0.15) is 0 Å². The monoisotopic (exact) mass is 336 g/mol. The third-order valence-electron chi connectivity index (χ3n) is 9.08. The van der Waals surface area contributed by atoms with Crippen LogP contribution in [0.2, 0.25) is 0 Å². The van der Waals surface area contributed by atoms with Crippen molar-refractivity contribution in [2.75, 3.05) is 6.61 Å². The van der Waals surface area contributed by atoms with Crippen molar-refractivity contribution in [3.8, 4) is 0 Å². The molecule has 0 saturated heterocycles. The molecule has 24 heavy (non-hydrogen) atoms. The highest BCUT2D eigenvalue weighted by Crippen LogP contribution is 2.72. The average molecular weight is 336 g/mol. The third-order valence-corrected chi connectivity index (χ3v) is 9.08. The van der Waals surface area contributed by atoms with Gasteiger partial charge in [0, 0.05) is 0 Å². The summed E-state index contributed by atoms with van der Waals surface area (Å²) in [5.74, 6) is 0.348. The van der Waals surface area contributed by atoms with Crippen molar-refractivity contribution < 1.29 is 20.1 Å². The Hall–Kier alpha value is -0.610. The number of carboxylic acid groups (broad SMARTS) is 1. The molecule has 4 rings (SSSR count). The number of rotatable bonds is 2. The van der Waals surface area contributed by atoms with E-state index in [4.69, 9.17) is 0 Å². The average Bonchev–Trinajstić information content (AvgIpc) is 2.73. The zero-order valence-corrected chi connectivity index (χ0v) is 15.1. The van der Waals surface area contributed by atoms with Crippen LogP contribution in [0.25, 0.3) is 0 Å². The first-order chi connectivity index (χ1) is 11.2. The van der Waals surface area contributed by atoms with Gasteiger partial charge in [-0.05, 0) is 86.9 Å². The highest BCUT2D eigenvalue weighted by Gasteiger charge is 2.68. The Kier molecular flexibility index (Phi) is 3.49. The number of hydrogen-bond acceptors (Lipinski definition) is 3. The van der Waals surface area contributed by atoms with Gasteiger partial charge in [0.2, 0.25) is 0 Å². The molecule has 4 fully saturated rings. The van der Waals surface area contributed by atoms with Crippen LogP contribution in [-0.2, 0) is 4.79 Å². The summed E-state index contributed by atoms with van der Waals surface area (Å²) in [7, 11) is 0. The zero-order chi connectivity index (χ0) is 17.4. The van der Waals surface area contributed by atoms with Crippen LogP contribution >= 0.6 is 0 Å². The van der Waals surface area contributed by atoms with Crippen molar-refractivity contribution in [3.05, 3.63) is 0 Å². The predicted octanol–water partition coefficient (Wildman–Crippen LogP) is 3.21. The Morgan fingerprint density at radius 3 is 2.50 bits per heavy atom. The minimum absolute atomic E-state index is 0.0648. The van der Waals surface area contributed by atoms with E-state index in [0.29, 0.717) is 5.92 Å². The normalized spacial score (nSPS) is 56.4. The maximum Gasteiger partial charge on any atom is 0.309 e. The van der Waals surface area contributed by atoms with E-state index < -0.39 is 17.0 Å². The van der Waals surface area contributed by atoms with E-state index in [2.05, 4.69) is 6.92 Å². The molecule has 2 bridgehead atoms. The van der Waals surface area contributed by atoms with Crippen molar-refractivity contribution in [1.82, 2.24) is 0 Å². The number of hydrogen-bond donors (Lipinski definition) is 3. The molecule has 4 aliphatic carbocycles. The van der Waals surface area contributed by atoms with Crippen LogP contribution in [0, 0.1) is 34.0 Å². The minimum Gasteiger partial charge on any atom is -0.481 e. The summed E-state index contributed by atoms with van der Waals surface area (Å²) < 4.78 is 0. The lowest BCUT2D eigenvalue weighted by atomic mass is 9.41. The van der Waals surface area contributed by atoms with Gasteiger partial charge in [0.25, 0.3) is 0 Å². The molecular formula is C20H32O4. The maximum atomic E-state index is 12.1. The second kappa shape index (κ2) is 4.97. The molecule has 3 N–H and O–H groups in total. The van der Waals surface area contributed by atoms with Crippen molar-refractivity contribution >= 4 is 5.97 Å². The lowest BCUT2D eigenvalue weighted by Crippen LogP contribution is -2.58. The third kappa shape index (κ3) is 1.90. The SMILES string of the molecule is C[C@]12CCC[C@](C)(C(=O)O)C1CC[C@@]13C[C@@H](CCC12)[C@@](O)(CO)C3. The summed E-state index contributed by atoms with van der Waals surface area (Å²) in [5, 5.41) is 30.6. The lowest BCUT2D eigenvalue weighted by Gasteiger charge is -2.63. The van der Waals surface area contributed by atoms with E-state index in [0.717, 1.165) is 57.8 Å². The van der Waals surface area contributed by atoms with Gasteiger partial charge in [-0.1, -0.05) is 13.3 Å². The van der Waals surface area contributed by atoms with Gasteiger partial charge in [0.05, 0.1) is 17.6 Å². The fraction of sp³-hybridized carbons (Fsp3) is 0.950. The van der Waals surface area contributed by atoms with Crippen LogP contribution in [-0.4, -0.2) is 33.5 Å². The van der Waals surface area contributed by atoms with Gasteiger partial charge >= 0.3 is 5.97 Å². The highest BCUT2D eigenvalue weighted by atomic mass is 16.4. The molecule has 4 aliphatic rings. The van der Waals surface area contributed by atoms with Crippen molar-refractivity contribution in [2.24, 2.45) is 34.0 Å². The first kappa shape index (κ1) is 16.8. The highest BCUT2D eigenvalue weighted by molar-refractivity contribution is 5.75. The maximum absolute atomic E-state index is 12.1. The lowest BCUT2D eigenvalue weighted by molar-refractivity contribution is -0.181. The van der Waals surface area contributed by atoms with Crippen LogP contribution in [0.15, 0.2) is 0 Å². The molecular weight excluding hydrogens is 304 g/mol. The molecule has 4 heteroatoms. The summed E-state index contributed by atoms with van der Waals surface area (Å²) >= 11 is 0. The van der Waals surface area contributed by atoms with E-state index in [1.165, 1.54) is 0 Å². The summed E-state index contributed by atoms with van der Waals surface area (Å²) in [6.45, 7) is 4.19. The Bertz CT molecular complexity index is 562. The second-order valence-electron chi connectivity index (χ2n) is 10.0. The number of aliphatic hydroxyl groups is 2. The molecule has 0 aromatic heterocycles. The molecule has 136 valence electrons. The molecule has 0 aromatic carbocycles. The van der Waals surface area contributed by atoms with E-state index in [1.54, 1.807) is 0 Å². The second-order valence-corrected chi connectivity index (χ2v) is 10.0. The fourth-order valence-corrected chi connectivity index (χ4v) is 8.06. The Morgan fingerprint density at radius 2 is 1.83 bits per heavy atom. The van der Waals surface area contributed by atoms with Gasteiger partial charge in [-0.25, -0.2) is 0 Å². The van der Waals surface area contributed by atoms with E-state index >= 15 is 0 Å². The number of fused-ring (bicyclic) bond motifs is 3. The predicted molar refractivity (Wildman–Crippen MR) is 90.3 cm³/mol. The van der Waals surface area contributed by atoms with E-state index in [-0.39, 0.29) is 29.3 Å². The Balaban J connectivity index is 1.73. The van der Waals surface area contributed by atoms with Crippen LogP contribution in [0.4, 0.5) is 0 Å². The van der Waals surface area contributed by atoms with Crippen molar-refractivity contribution in [1.29, 1.82) is 0 Å². The van der Waals surface area contributed by atoms with Gasteiger partial charge in [0.15, 0.2) is 0 Å². The molecule has 4 nitrogen and oxygen atoms in total. The Morgan fingerprint density at radius 1 is 1.08 bits per heavy atom. The fourth-order valence-electron chi connectivity index (χ4n) is 8.06. The summed E-state index contributed by atoms with van der Waals surface area (Å²) in [6.07, 6.45) is 8.73. The number of carbonyl (C=O) groups is 1. The summed E-state index contributed by atoms with van der Waals surface area (Å²) in [5.41, 5.74) is -1.31. The molecule has 0 radical (unpaired) electrons. The zero-order valence-electron chi connectivity index (χ0n) is 15.1. The van der Waals surface area contributed by atoms with Gasteiger partial charge < -0.3 is 15.3 Å². The van der Waals surface area contributed by atoms with Crippen LogP contribution in [0.5, 0.6) is 0 Å². The molecule has 0 amide bonds. The summed E-state index contributed by atoms with van der Waals surface area (Å²) in [6, 6.07) is 0. The first-order valence-corrected chi connectivity index (χ1v) is 9.77. The van der Waals surface area contributed by atoms with E-state index in [1.807, 2.05) is 6.92 Å². The minimum atomic E-state index is -0.900. The summed E-state index contributed by atoms with van der Waals surface area (Å²) in [4.78, 5) is 12.1. The number of aliphatic hydroxyl groups excluding tert-OH is 1. The number of carboxylic acids is 1. The van der Waals surface area contributed by atoms with Crippen LogP contribution < -0.4 is 0 Å². The van der Waals surface area contributed by atoms with Crippen LogP contribution in [0.3, 0.4) is 0 Å². The molecule has 1 spiro atoms. The largest absolute Gasteiger partial charge is 0.481 e. The topological polar surface area (TPSA) is 77.8 Å². The molecule has 0 aliphatic heterocycles. The molecule has 0 heterocycles. The smallest absolute Gasteiger partial charge is 0.309 e. The standard InChI is InChI=1S/C20H32O4/c1-17-7-3-8-18(2,16(22)23)14(17)6-9-19-10-13(4-5-15(17)19)20(24,11-19)12-21/h13-15,21,24H,3-12H2,1-2H3,(H,22,23)/t13-,14?,15?,17+,18+,19+,20+/m1/s1. The molecule has 4 saturated carbocycles. The van der Waals surface area contributed by atoms with Gasteiger partial charge in [-0.3, -0.25) is 4.79 Å². The molecule has 0 aromatic rings. The first-order valence-electron chi connectivity index (χ1n) is 9.77.